The molecular formula is C14H22N2. The lowest BCUT2D eigenvalue weighted by Crippen LogP contribution is -2.47. The van der Waals surface area contributed by atoms with Gasteiger partial charge in [0.15, 0.2) is 0 Å². The molecule has 1 atom stereocenters. The van der Waals surface area contributed by atoms with Gasteiger partial charge in [0.05, 0.1) is 16.9 Å². The number of anilines is 2. The van der Waals surface area contributed by atoms with Crippen LogP contribution in [0.15, 0.2) is 24.3 Å². The molecule has 2 rings (SSSR count). The lowest BCUT2D eigenvalue weighted by atomic mass is 9.87. The highest BCUT2D eigenvalue weighted by Gasteiger charge is 2.31. The van der Waals surface area contributed by atoms with E-state index < -0.39 is 0 Å². The molecule has 0 spiro atoms. The van der Waals surface area contributed by atoms with E-state index in [-0.39, 0.29) is 5.54 Å². The number of fused-ring (bicyclic) bond motifs is 1. The molecule has 0 bridgehead atoms. The quantitative estimate of drug-likeness (QED) is 0.801. The Labute approximate surface area is 98.4 Å². The highest BCUT2D eigenvalue weighted by Crippen LogP contribution is 2.33. The van der Waals surface area contributed by atoms with Crippen LogP contribution >= 0.6 is 0 Å². The van der Waals surface area contributed by atoms with E-state index in [1.807, 2.05) is 0 Å². The van der Waals surface area contributed by atoms with Gasteiger partial charge >= 0.3 is 0 Å². The molecule has 1 aliphatic heterocycles. The van der Waals surface area contributed by atoms with Crippen molar-refractivity contribution in [2.24, 2.45) is 0 Å². The summed E-state index contributed by atoms with van der Waals surface area (Å²) in [5.41, 5.74) is 2.75. The van der Waals surface area contributed by atoms with Gasteiger partial charge < -0.3 is 10.6 Å². The van der Waals surface area contributed by atoms with Gasteiger partial charge in [0.2, 0.25) is 0 Å². The first kappa shape index (κ1) is 11.3. The van der Waals surface area contributed by atoms with Crippen molar-refractivity contribution in [2.75, 3.05) is 17.2 Å². The molecule has 2 N–H and O–H groups in total. The van der Waals surface area contributed by atoms with Gasteiger partial charge in [-0.1, -0.05) is 38.8 Å². The zero-order valence-corrected chi connectivity index (χ0v) is 10.3. The number of hydrogen-bond donors (Lipinski definition) is 2. The topological polar surface area (TPSA) is 24.1 Å². The van der Waals surface area contributed by atoms with E-state index in [4.69, 9.17) is 0 Å². The molecule has 88 valence electrons. The molecule has 0 saturated carbocycles. The Balaban J connectivity index is 2.15. The summed E-state index contributed by atoms with van der Waals surface area (Å²) in [6, 6.07) is 8.48. The van der Waals surface area contributed by atoms with Crippen molar-refractivity contribution in [3.63, 3.8) is 0 Å². The molecule has 1 aliphatic rings. The van der Waals surface area contributed by atoms with Crippen molar-refractivity contribution in [1.29, 1.82) is 0 Å². The average Bonchev–Trinajstić information content (AvgIpc) is 2.36. The molecular weight excluding hydrogens is 196 g/mol. The third-order valence-corrected chi connectivity index (χ3v) is 3.63. The van der Waals surface area contributed by atoms with E-state index >= 15 is 0 Å². The SMILES string of the molecule is CCCCC1(CC)CNc2ccccc2N1. The van der Waals surface area contributed by atoms with Crippen molar-refractivity contribution in [1.82, 2.24) is 0 Å². The molecule has 0 aromatic heterocycles. The zero-order chi connectivity index (χ0) is 11.4. The molecule has 2 heteroatoms. The molecule has 16 heavy (non-hydrogen) atoms. The smallest absolute Gasteiger partial charge is 0.0580 e. The minimum atomic E-state index is 0.254. The predicted octanol–water partition coefficient (Wildman–Crippen LogP) is 3.86. The van der Waals surface area contributed by atoms with Gasteiger partial charge in [-0.2, -0.15) is 0 Å². The first-order chi connectivity index (χ1) is 7.79. The first-order valence-corrected chi connectivity index (χ1v) is 6.41. The molecule has 1 heterocycles. The van der Waals surface area contributed by atoms with Gasteiger partial charge in [0, 0.05) is 6.54 Å². The molecule has 0 radical (unpaired) electrons. The van der Waals surface area contributed by atoms with E-state index in [0.29, 0.717) is 0 Å². The summed E-state index contributed by atoms with van der Waals surface area (Å²) in [5.74, 6) is 0. The van der Waals surface area contributed by atoms with Crippen LogP contribution in [0.4, 0.5) is 11.4 Å². The van der Waals surface area contributed by atoms with Crippen LogP contribution in [0.2, 0.25) is 0 Å². The highest BCUT2D eigenvalue weighted by atomic mass is 15.1. The van der Waals surface area contributed by atoms with Crippen LogP contribution in [0.25, 0.3) is 0 Å². The maximum absolute atomic E-state index is 3.73. The monoisotopic (exact) mass is 218 g/mol. The van der Waals surface area contributed by atoms with Gasteiger partial charge in [0.25, 0.3) is 0 Å². The molecule has 1 unspecified atom stereocenters. The van der Waals surface area contributed by atoms with Crippen molar-refractivity contribution >= 4 is 11.4 Å². The zero-order valence-electron chi connectivity index (χ0n) is 10.3. The third kappa shape index (κ3) is 2.16. The van der Waals surface area contributed by atoms with E-state index in [9.17, 15) is 0 Å². The van der Waals surface area contributed by atoms with Crippen LogP contribution in [0.3, 0.4) is 0 Å². The van der Waals surface area contributed by atoms with Gasteiger partial charge in [-0.15, -0.1) is 0 Å². The highest BCUT2D eigenvalue weighted by molar-refractivity contribution is 5.72. The molecule has 1 aromatic carbocycles. The number of para-hydroxylation sites is 2. The van der Waals surface area contributed by atoms with E-state index in [0.717, 1.165) is 6.54 Å². The second-order valence-electron chi connectivity index (χ2n) is 4.76. The molecule has 0 aliphatic carbocycles. The summed E-state index contributed by atoms with van der Waals surface area (Å²) in [6.45, 7) is 5.58. The van der Waals surface area contributed by atoms with Gasteiger partial charge in [-0.25, -0.2) is 0 Å². The third-order valence-electron chi connectivity index (χ3n) is 3.63. The minimum Gasteiger partial charge on any atom is -0.381 e. The normalized spacial score (nSPS) is 23.1. The summed E-state index contributed by atoms with van der Waals surface area (Å²) in [4.78, 5) is 0. The lowest BCUT2D eigenvalue weighted by Gasteiger charge is -2.40. The fourth-order valence-electron chi connectivity index (χ4n) is 2.40. The minimum absolute atomic E-state index is 0.254. The van der Waals surface area contributed by atoms with Crippen LogP contribution in [0, 0.1) is 0 Å². The lowest BCUT2D eigenvalue weighted by molar-refractivity contribution is 0.416. The van der Waals surface area contributed by atoms with Gasteiger partial charge in [-0.05, 0) is 25.0 Å². The first-order valence-electron chi connectivity index (χ1n) is 6.41. The van der Waals surface area contributed by atoms with Gasteiger partial charge in [0.1, 0.15) is 0 Å². The Morgan fingerprint density at radius 2 is 1.94 bits per heavy atom. The summed E-state index contributed by atoms with van der Waals surface area (Å²) in [7, 11) is 0. The number of unbranched alkanes of at least 4 members (excludes halogenated alkanes) is 1. The van der Waals surface area contributed by atoms with E-state index in [1.54, 1.807) is 0 Å². The van der Waals surface area contributed by atoms with Crippen molar-refractivity contribution in [2.45, 2.75) is 45.1 Å². The Bertz CT molecular complexity index is 348. The molecule has 2 nitrogen and oxygen atoms in total. The summed E-state index contributed by atoms with van der Waals surface area (Å²) >= 11 is 0. The second-order valence-corrected chi connectivity index (χ2v) is 4.76. The Hall–Kier alpha value is -1.18. The van der Waals surface area contributed by atoms with Crippen LogP contribution < -0.4 is 10.6 Å². The van der Waals surface area contributed by atoms with Crippen molar-refractivity contribution in [3.05, 3.63) is 24.3 Å². The van der Waals surface area contributed by atoms with Crippen molar-refractivity contribution in [3.8, 4) is 0 Å². The van der Waals surface area contributed by atoms with Crippen LogP contribution in [-0.4, -0.2) is 12.1 Å². The molecule has 0 saturated heterocycles. The number of rotatable bonds is 4. The Morgan fingerprint density at radius 3 is 2.62 bits per heavy atom. The van der Waals surface area contributed by atoms with E-state index in [1.165, 1.54) is 37.1 Å². The van der Waals surface area contributed by atoms with Crippen LogP contribution in [-0.2, 0) is 0 Å². The van der Waals surface area contributed by atoms with Crippen LogP contribution in [0.5, 0.6) is 0 Å². The second kappa shape index (κ2) is 4.77. The maximum Gasteiger partial charge on any atom is 0.0580 e. The number of benzene rings is 1. The van der Waals surface area contributed by atoms with Crippen molar-refractivity contribution < 1.29 is 0 Å². The Morgan fingerprint density at radius 1 is 1.19 bits per heavy atom. The Kier molecular flexibility index (Phi) is 3.37. The number of hydrogen-bond acceptors (Lipinski definition) is 2. The summed E-state index contributed by atoms with van der Waals surface area (Å²) < 4.78 is 0. The fraction of sp³-hybridized carbons (Fsp3) is 0.571. The van der Waals surface area contributed by atoms with E-state index in [2.05, 4.69) is 48.7 Å². The predicted molar refractivity (Wildman–Crippen MR) is 71.1 cm³/mol. The number of nitrogens with one attached hydrogen (secondary N) is 2. The summed E-state index contributed by atoms with van der Waals surface area (Å²) in [6.07, 6.45) is 4.99. The standard InChI is InChI=1S/C14H22N2/c1-3-5-10-14(4-2)11-15-12-8-6-7-9-13(12)16-14/h6-9,15-16H,3-5,10-11H2,1-2H3. The summed E-state index contributed by atoms with van der Waals surface area (Å²) in [5, 5.41) is 7.28. The largest absolute Gasteiger partial charge is 0.381 e. The van der Waals surface area contributed by atoms with Crippen LogP contribution in [0.1, 0.15) is 39.5 Å². The maximum atomic E-state index is 3.73. The molecule has 0 amide bonds. The molecule has 1 aromatic rings. The fourth-order valence-corrected chi connectivity index (χ4v) is 2.40. The average molecular weight is 218 g/mol. The van der Waals surface area contributed by atoms with Gasteiger partial charge in [-0.3, -0.25) is 0 Å². The molecule has 0 fully saturated rings.